The van der Waals surface area contributed by atoms with Gasteiger partial charge in [0.1, 0.15) is 0 Å². The monoisotopic (exact) mass is 484 g/mol. The highest BCUT2D eigenvalue weighted by atomic mass is 19.3. The van der Waals surface area contributed by atoms with Crippen molar-refractivity contribution in [2.75, 3.05) is 32.7 Å². The maximum absolute atomic E-state index is 12.8. The third kappa shape index (κ3) is 7.10. The lowest BCUT2D eigenvalue weighted by Gasteiger charge is -2.36. The number of alkyl halides is 2. The van der Waals surface area contributed by atoms with Gasteiger partial charge < -0.3 is 25.6 Å². The van der Waals surface area contributed by atoms with Crippen molar-refractivity contribution in [2.45, 2.75) is 95.4 Å². The van der Waals surface area contributed by atoms with Gasteiger partial charge >= 0.3 is 6.61 Å². The van der Waals surface area contributed by atoms with Gasteiger partial charge in [0.25, 0.3) is 0 Å². The number of fused-ring (bicyclic) bond motifs is 1. The molecule has 1 saturated carbocycles. The Morgan fingerprint density at radius 3 is 2.50 bits per heavy atom. The molecule has 2 amide bonds. The van der Waals surface area contributed by atoms with E-state index in [9.17, 15) is 18.4 Å². The van der Waals surface area contributed by atoms with Crippen LogP contribution in [0.1, 0.15) is 70.6 Å². The van der Waals surface area contributed by atoms with Crippen molar-refractivity contribution in [2.24, 2.45) is 17.8 Å². The number of halogens is 2. The van der Waals surface area contributed by atoms with Crippen molar-refractivity contribution in [3.63, 3.8) is 0 Å². The fraction of sp³-hybridized carbons (Fsp3) is 0.920. The summed E-state index contributed by atoms with van der Waals surface area (Å²) in [7, 11) is 0. The predicted octanol–water partition coefficient (Wildman–Crippen LogP) is 2.65. The summed E-state index contributed by atoms with van der Waals surface area (Å²) >= 11 is 0. The summed E-state index contributed by atoms with van der Waals surface area (Å²) in [5.41, 5.74) is 0. The van der Waals surface area contributed by atoms with E-state index in [1.165, 1.54) is 0 Å². The minimum atomic E-state index is -2.72. The summed E-state index contributed by atoms with van der Waals surface area (Å²) in [5, 5.41) is 10.0. The number of hydrogen-bond donors (Lipinski definition) is 3. The van der Waals surface area contributed by atoms with Crippen LogP contribution in [-0.4, -0.2) is 74.2 Å². The third-order valence-corrected chi connectivity index (χ3v) is 8.46. The summed E-state index contributed by atoms with van der Waals surface area (Å²) in [6.07, 6.45) is 9.33. The lowest BCUT2D eigenvalue weighted by atomic mass is 9.85. The van der Waals surface area contributed by atoms with Gasteiger partial charge in [0.2, 0.25) is 11.8 Å². The lowest BCUT2D eigenvalue weighted by Crippen LogP contribution is -2.45. The second kappa shape index (κ2) is 12.6. The molecule has 3 unspecified atom stereocenters. The van der Waals surface area contributed by atoms with Crippen molar-refractivity contribution < 1.29 is 23.1 Å². The van der Waals surface area contributed by atoms with E-state index in [4.69, 9.17) is 0 Å². The first-order valence-electron chi connectivity index (χ1n) is 13.5. The summed E-state index contributed by atoms with van der Waals surface area (Å²) in [6, 6.07) is 0.452. The second-order valence-electron chi connectivity index (χ2n) is 10.7. The number of unbranched alkanes of at least 4 members (excludes halogenated alkanes) is 1. The van der Waals surface area contributed by atoms with Crippen LogP contribution < -0.4 is 16.0 Å². The van der Waals surface area contributed by atoms with Crippen LogP contribution in [0.2, 0.25) is 0 Å². The number of carbonyl (C=O) groups excluding carboxylic acids is 2. The number of carbonyl (C=O) groups is 2. The number of rotatable bonds is 9. The van der Waals surface area contributed by atoms with Gasteiger partial charge in [-0.15, -0.1) is 0 Å². The number of ether oxygens (including phenoxy) is 1. The number of likely N-dealkylation sites (tertiary alicyclic amines) is 1. The molecule has 3 aliphatic heterocycles. The molecule has 3 saturated heterocycles. The molecule has 4 rings (SSSR count). The molecule has 0 aromatic carbocycles. The van der Waals surface area contributed by atoms with Gasteiger partial charge in [-0.1, -0.05) is 12.8 Å². The Morgan fingerprint density at radius 2 is 1.79 bits per heavy atom. The van der Waals surface area contributed by atoms with E-state index >= 15 is 0 Å². The van der Waals surface area contributed by atoms with Gasteiger partial charge in [-0.3, -0.25) is 9.59 Å². The van der Waals surface area contributed by atoms with Crippen LogP contribution in [0, 0.1) is 17.8 Å². The van der Waals surface area contributed by atoms with Gasteiger partial charge in [-0.2, -0.15) is 8.78 Å². The van der Waals surface area contributed by atoms with Crippen LogP contribution in [0.4, 0.5) is 8.78 Å². The molecule has 1 aliphatic carbocycles. The van der Waals surface area contributed by atoms with Crippen LogP contribution in [0.25, 0.3) is 0 Å². The predicted molar refractivity (Wildman–Crippen MR) is 125 cm³/mol. The Kier molecular flexibility index (Phi) is 9.53. The van der Waals surface area contributed by atoms with E-state index in [0.29, 0.717) is 43.6 Å². The summed E-state index contributed by atoms with van der Waals surface area (Å²) < 4.78 is 29.3. The number of hydrogen-bond acceptors (Lipinski definition) is 5. The molecular weight excluding hydrogens is 442 g/mol. The standard InChI is InChI=1S/C25H42F2N4O3/c26-25(27)34-20-6-4-18(5-7-20)24(33)31-13-9-17(10-14-31)3-1-2-11-29-23(32)22-15-19-16-28-12-8-21(19)30-22/h17-22,25,28,30H,1-16H2,(H,29,32). The van der Waals surface area contributed by atoms with E-state index < -0.39 is 12.7 Å². The molecule has 0 aromatic heterocycles. The van der Waals surface area contributed by atoms with Crippen molar-refractivity contribution >= 4 is 11.8 Å². The molecule has 3 heterocycles. The van der Waals surface area contributed by atoms with Crippen LogP contribution in [0.3, 0.4) is 0 Å². The summed E-state index contributed by atoms with van der Waals surface area (Å²) in [5.74, 6) is 1.54. The van der Waals surface area contributed by atoms with Gasteiger partial charge in [0, 0.05) is 31.6 Å². The largest absolute Gasteiger partial charge is 0.355 e. The average Bonchev–Trinajstić information content (AvgIpc) is 3.28. The zero-order chi connectivity index (χ0) is 23.9. The molecule has 4 aliphatic rings. The first kappa shape index (κ1) is 25.8. The summed E-state index contributed by atoms with van der Waals surface area (Å²) in [4.78, 5) is 27.3. The summed E-state index contributed by atoms with van der Waals surface area (Å²) in [6.45, 7) is 1.67. The van der Waals surface area contributed by atoms with E-state index in [1.54, 1.807) is 0 Å². The van der Waals surface area contributed by atoms with Crippen molar-refractivity contribution in [1.82, 2.24) is 20.9 Å². The fourth-order valence-electron chi connectivity index (χ4n) is 6.39. The van der Waals surface area contributed by atoms with Crippen molar-refractivity contribution in [1.29, 1.82) is 0 Å². The molecule has 0 spiro atoms. The zero-order valence-electron chi connectivity index (χ0n) is 20.3. The van der Waals surface area contributed by atoms with Crippen LogP contribution in [0.15, 0.2) is 0 Å². The Bertz CT molecular complexity index is 653. The average molecular weight is 485 g/mol. The Balaban J connectivity index is 1.04. The zero-order valence-corrected chi connectivity index (χ0v) is 20.3. The van der Waals surface area contributed by atoms with Gasteiger partial charge in [0.15, 0.2) is 0 Å². The second-order valence-corrected chi connectivity index (χ2v) is 10.7. The Morgan fingerprint density at radius 1 is 1.03 bits per heavy atom. The molecule has 3 atom stereocenters. The van der Waals surface area contributed by atoms with E-state index in [1.807, 2.05) is 4.90 Å². The molecule has 194 valence electrons. The van der Waals surface area contributed by atoms with Crippen LogP contribution in [-0.2, 0) is 14.3 Å². The minimum Gasteiger partial charge on any atom is -0.355 e. The third-order valence-electron chi connectivity index (χ3n) is 8.46. The highest BCUT2D eigenvalue weighted by Crippen LogP contribution is 2.31. The molecule has 3 N–H and O–H groups in total. The number of nitrogens with zero attached hydrogens (tertiary/aromatic N) is 1. The van der Waals surface area contributed by atoms with Gasteiger partial charge in [0.05, 0.1) is 12.1 Å². The van der Waals surface area contributed by atoms with Crippen molar-refractivity contribution in [3.05, 3.63) is 0 Å². The smallest absolute Gasteiger partial charge is 0.345 e. The minimum absolute atomic E-state index is 0.0350. The maximum atomic E-state index is 12.8. The van der Waals surface area contributed by atoms with Crippen molar-refractivity contribution in [3.8, 4) is 0 Å². The van der Waals surface area contributed by atoms with Gasteiger partial charge in [-0.25, -0.2) is 0 Å². The molecular formula is C25H42F2N4O3. The van der Waals surface area contributed by atoms with Gasteiger partial charge in [-0.05, 0) is 82.7 Å². The SMILES string of the molecule is O=C(NCCCCC1CCN(C(=O)C2CCC(OC(F)F)CC2)CC1)C1CC2CNCCC2N1. The molecule has 7 nitrogen and oxygen atoms in total. The highest BCUT2D eigenvalue weighted by molar-refractivity contribution is 5.82. The molecule has 4 fully saturated rings. The molecule has 0 bridgehead atoms. The first-order chi connectivity index (χ1) is 16.5. The molecule has 0 radical (unpaired) electrons. The van der Waals surface area contributed by atoms with E-state index in [0.717, 1.165) is 77.7 Å². The number of piperidine rings is 2. The van der Waals surface area contributed by atoms with Crippen LogP contribution >= 0.6 is 0 Å². The topological polar surface area (TPSA) is 82.7 Å². The quantitative estimate of drug-likeness (QED) is 0.439. The highest BCUT2D eigenvalue weighted by Gasteiger charge is 2.38. The fourth-order valence-corrected chi connectivity index (χ4v) is 6.39. The number of amides is 2. The molecule has 0 aromatic rings. The normalized spacial score (nSPS) is 32.6. The number of nitrogens with one attached hydrogen (secondary N) is 3. The Labute approximate surface area is 202 Å². The first-order valence-corrected chi connectivity index (χ1v) is 13.5. The molecule has 34 heavy (non-hydrogen) atoms. The molecule has 9 heteroatoms. The van der Waals surface area contributed by atoms with Crippen LogP contribution in [0.5, 0.6) is 0 Å². The lowest BCUT2D eigenvalue weighted by molar-refractivity contribution is -0.173. The maximum Gasteiger partial charge on any atom is 0.345 e. The Hall–Kier alpha value is -1.32. The van der Waals surface area contributed by atoms with E-state index in [-0.39, 0.29) is 23.8 Å². The van der Waals surface area contributed by atoms with E-state index in [2.05, 4.69) is 20.7 Å².